The third kappa shape index (κ3) is 10.0. The molecule has 0 aromatic heterocycles. The molecule has 3 N–H and O–H groups in total. The number of hydrogen-bond donors (Lipinski definition) is 3. The average Bonchev–Trinajstić information content (AvgIpc) is 2.32. The predicted molar refractivity (Wildman–Crippen MR) is 57.7 cm³/mol. The molecule has 0 amide bonds. The number of ether oxygens (including phenoxy) is 1. The van der Waals surface area contributed by atoms with E-state index < -0.39 is 30.5 Å². The van der Waals surface area contributed by atoms with Crippen LogP contribution in [0.15, 0.2) is 5.11 Å². The summed E-state index contributed by atoms with van der Waals surface area (Å²) in [6.45, 7) is 5.20. The van der Waals surface area contributed by atoms with Crippen LogP contribution in [-0.2, 0) is 4.74 Å². The van der Waals surface area contributed by atoms with Crippen molar-refractivity contribution in [2.45, 2.75) is 51.2 Å². The normalized spacial score (nSPS) is 32.0. The van der Waals surface area contributed by atoms with Gasteiger partial charge in [0.15, 0.2) is 0 Å². The fraction of sp³-hybridized carbons (Fsp3) is 1.00. The van der Waals surface area contributed by atoms with Crippen LogP contribution < -0.4 is 0 Å². The third-order valence-electron chi connectivity index (χ3n) is 2.32. The number of rotatable bonds is 2. The van der Waals surface area contributed by atoms with Crippen molar-refractivity contribution in [2.75, 3.05) is 6.61 Å². The summed E-state index contributed by atoms with van der Waals surface area (Å²) < 4.78 is 5.10. The van der Waals surface area contributed by atoms with Crippen molar-refractivity contribution in [3.8, 4) is 0 Å². The Kier molecular flexibility index (Phi) is 28.5. The van der Waals surface area contributed by atoms with Gasteiger partial charge in [0.2, 0.25) is 0 Å². The smallest absolute Gasteiger partial charge is 0.107 e. The van der Waals surface area contributed by atoms with E-state index >= 15 is 0 Å². The van der Waals surface area contributed by atoms with E-state index in [1.807, 2.05) is 13.8 Å². The maximum Gasteiger partial charge on any atom is 0.107 e. The Balaban J connectivity index is -0.000000214. The molecule has 1 aliphatic rings. The van der Waals surface area contributed by atoms with E-state index in [0.717, 1.165) is 0 Å². The molecule has 1 saturated heterocycles. The average molecular weight is 914 g/mol. The molecule has 1 heterocycles. The van der Waals surface area contributed by atoms with E-state index in [2.05, 4.69) is 10.0 Å². The van der Waals surface area contributed by atoms with Crippen molar-refractivity contribution in [2.24, 2.45) is 5.11 Å². The van der Waals surface area contributed by atoms with Crippen LogP contribution in [0.2, 0.25) is 0 Å². The van der Waals surface area contributed by atoms with Crippen LogP contribution >= 0.6 is 0 Å². The van der Waals surface area contributed by atoms with Crippen LogP contribution in [0.25, 0.3) is 10.4 Å². The van der Waals surface area contributed by atoms with Crippen molar-refractivity contribution in [1.82, 2.24) is 0 Å². The van der Waals surface area contributed by atoms with E-state index in [1.54, 1.807) is 6.92 Å². The Labute approximate surface area is 220 Å². The second-order valence-electron chi connectivity index (χ2n) is 3.24. The molecule has 0 aromatic carbocycles. The van der Waals surface area contributed by atoms with Gasteiger partial charge in [-0.1, -0.05) is 19.0 Å². The Morgan fingerprint density at radius 3 is 2.00 bits per heavy atom. The van der Waals surface area contributed by atoms with E-state index in [0.29, 0.717) is 0 Å². The van der Waals surface area contributed by atoms with Crippen LogP contribution in [-0.4, -0.2) is 52.4 Å². The zero-order valence-electron chi connectivity index (χ0n) is 11.4. The first kappa shape index (κ1) is 30.4. The van der Waals surface area contributed by atoms with Gasteiger partial charge in [0, 0.05) is 137 Å². The van der Waals surface area contributed by atoms with Crippen molar-refractivity contribution < 1.29 is 152 Å². The molecule has 3 unspecified atom stereocenters. The van der Waals surface area contributed by atoms with Crippen LogP contribution in [0.5, 0.6) is 0 Å². The van der Waals surface area contributed by atoms with Gasteiger partial charge in [-0.15, -0.1) is 0 Å². The first-order valence-corrected chi connectivity index (χ1v) is 5.28. The van der Waals surface area contributed by atoms with E-state index in [9.17, 15) is 10.2 Å². The Hall–Kier alpha value is 3.47. The zero-order chi connectivity index (χ0) is 12.7. The van der Waals surface area contributed by atoms with Gasteiger partial charge >= 0.3 is 0 Å². The van der Waals surface area contributed by atoms with Gasteiger partial charge in [-0.25, -0.2) is 0 Å². The van der Waals surface area contributed by atoms with E-state index in [1.165, 1.54) is 0 Å². The van der Waals surface area contributed by atoms with Gasteiger partial charge in [-0.05, 0) is 12.5 Å². The molecular weight excluding hydrogens is 895 g/mol. The fourth-order valence-corrected chi connectivity index (χ4v) is 1.48. The maximum absolute atomic E-state index is 9.54. The molecule has 1 aliphatic heterocycles. The summed E-state index contributed by atoms with van der Waals surface area (Å²) in [6, 6.07) is -0.971. The quantitative estimate of drug-likeness (QED) is 0.209. The molecule has 0 aromatic rings. The molecule has 5 atom stereocenters. The van der Waals surface area contributed by atoms with Crippen LogP contribution in [0.3, 0.4) is 0 Å². The van der Waals surface area contributed by atoms with Gasteiger partial charge in [-0.2, -0.15) is 0 Å². The second kappa shape index (κ2) is 17.8. The van der Waals surface area contributed by atoms with Crippen molar-refractivity contribution in [1.29, 1.82) is 0 Å². The number of aliphatic hydroxyl groups is 3. The largest absolute Gasteiger partial charge is 0.394 e. The molecule has 3 radical (unpaired) electrons. The molecule has 19 heavy (non-hydrogen) atoms. The number of hydrogen-bond acceptors (Lipinski definition) is 5. The van der Waals surface area contributed by atoms with Crippen LogP contribution in [0.1, 0.15) is 20.8 Å². The first-order valence-electron chi connectivity index (χ1n) is 5.28. The molecule has 1 fully saturated rings. The standard InChI is InChI=1S/C7H13N3O4.C2H6.3Ac/c1-3-6(12)5(9-10-8)7(13)4(2-11)14-3;1-2;;;/h3-7,11-13H,2H2,1H3;1-2H3;;;/t3-,4+,5?,6?,7?;;;;/m0..../s1. The number of aliphatic hydroxyl groups excluding tert-OH is 3. The molecule has 1 rings (SSSR count). The molecule has 0 saturated carbocycles. The first-order chi connectivity index (χ1) is 7.61. The summed E-state index contributed by atoms with van der Waals surface area (Å²) in [5.74, 6) is 0. The minimum absolute atomic E-state index is 0. The van der Waals surface area contributed by atoms with Crippen molar-refractivity contribution in [3.63, 3.8) is 0 Å². The van der Waals surface area contributed by atoms with Gasteiger partial charge in [0.05, 0.1) is 31.0 Å². The minimum atomic E-state index is -1.18. The van der Waals surface area contributed by atoms with Crippen LogP contribution in [0.4, 0.5) is 0 Å². The summed E-state index contributed by atoms with van der Waals surface area (Å²) in [7, 11) is 0. The number of azide groups is 1. The van der Waals surface area contributed by atoms with Gasteiger partial charge in [0.1, 0.15) is 6.10 Å². The molecule has 0 spiro atoms. The van der Waals surface area contributed by atoms with Gasteiger partial charge in [-0.3, -0.25) is 0 Å². The Morgan fingerprint density at radius 2 is 1.63 bits per heavy atom. The van der Waals surface area contributed by atoms with E-state index in [4.69, 9.17) is 15.4 Å². The monoisotopic (exact) mass is 914 g/mol. The fourth-order valence-electron chi connectivity index (χ4n) is 1.48. The Morgan fingerprint density at radius 1 is 1.16 bits per heavy atom. The summed E-state index contributed by atoms with van der Waals surface area (Å²) in [5.41, 5.74) is 8.23. The topological polar surface area (TPSA) is 119 Å². The van der Waals surface area contributed by atoms with Gasteiger partial charge in [0.25, 0.3) is 0 Å². The molecule has 10 heteroatoms. The molecular formula is C9H19Ac3N3O4. The molecule has 0 aliphatic carbocycles. The molecule has 0 bridgehead atoms. The van der Waals surface area contributed by atoms with E-state index in [-0.39, 0.29) is 139 Å². The summed E-state index contributed by atoms with van der Waals surface area (Å²) in [4.78, 5) is 2.53. The molecule has 103 valence electrons. The maximum atomic E-state index is 9.54. The van der Waals surface area contributed by atoms with Crippen molar-refractivity contribution >= 4 is 0 Å². The summed E-state index contributed by atoms with van der Waals surface area (Å²) in [5, 5.41) is 31.2. The molecule has 7 nitrogen and oxygen atoms in total. The predicted octanol–water partition coefficient (Wildman–Crippen LogP) is 0.193. The summed E-state index contributed by atoms with van der Waals surface area (Å²) in [6.07, 6.45) is -3.62. The minimum Gasteiger partial charge on any atom is -0.394 e. The van der Waals surface area contributed by atoms with Crippen LogP contribution in [0, 0.1) is 132 Å². The number of nitrogens with zero attached hydrogens (tertiary/aromatic N) is 3. The van der Waals surface area contributed by atoms with Gasteiger partial charge < -0.3 is 20.1 Å². The zero-order valence-corrected chi connectivity index (χ0v) is 25.7. The Bertz CT molecular complexity index is 257. The third-order valence-corrected chi connectivity index (χ3v) is 2.32. The summed E-state index contributed by atoms with van der Waals surface area (Å²) >= 11 is 0. The van der Waals surface area contributed by atoms with Crippen molar-refractivity contribution in [3.05, 3.63) is 10.4 Å². The SMILES string of the molecule is CC.C[C@@H]1O[C@H](CO)C(O)C(N=[N+]=[N-])C1O.[Ac].[Ac].[Ac]. The second-order valence-corrected chi connectivity index (χ2v) is 3.24.